The van der Waals surface area contributed by atoms with Gasteiger partial charge in [-0.25, -0.2) is 4.99 Å². The van der Waals surface area contributed by atoms with E-state index in [1.807, 2.05) is 17.8 Å². The molecular weight excluding hydrogens is 341 g/mol. The van der Waals surface area contributed by atoms with E-state index >= 15 is 0 Å². The van der Waals surface area contributed by atoms with Crippen LogP contribution in [0.4, 0.5) is 0 Å². The third-order valence-corrected chi connectivity index (χ3v) is 2.66. The van der Waals surface area contributed by atoms with Gasteiger partial charge in [0.1, 0.15) is 0 Å². The Bertz CT molecular complexity index is 361. The van der Waals surface area contributed by atoms with Gasteiger partial charge in [0.15, 0.2) is 5.96 Å². The van der Waals surface area contributed by atoms with E-state index in [0.717, 1.165) is 24.6 Å². The van der Waals surface area contributed by atoms with Gasteiger partial charge in [0, 0.05) is 25.8 Å². The maximum Gasteiger partial charge on any atom is 0.191 e. The summed E-state index contributed by atoms with van der Waals surface area (Å²) in [5.74, 6) is 0.864. The second-order valence-corrected chi connectivity index (χ2v) is 4.09. The Morgan fingerprint density at radius 2 is 2.22 bits per heavy atom. The second kappa shape index (κ2) is 9.18. The first-order valence-corrected chi connectivity index (χ1v) is 6.19. The van der Waals surface area contributed by atoms with Crippen molar-refractivity contribution < 1.29 is 0 Å². The highest BCUT2D eigenvalue weighted by atomic mass is 127. The maximum absolute atomic E-state index is 4.54. The average molecular weight is 365 g/mol. The van der Waals surface area contributed by atoms with Crippen molar-refractivity contribution in [3.8, 4) is 0 Å². The first-order valence-electron chi connectivity index (χ1n) is 6.19. The van der Waals surface area contributed by atoms with Crippen LogP contribution in [-0.2, 0) is 13.6 Å². The summed E-state index contributed by atoms with van der Waals surface area (Å²) < 4.78 is 1.84. The lowest BCUT2D eigenvalue weighted by Crippen LogP contribution is -2.42. The van der Waals surface area contributed by atoms with Crippen molar-refractivity contribution in [3.63, 3.8) is 0 Å². The Labute approximate surface area is 126 Å². The van der Waals surface area contributed by atoms with Crippen LogP contribution >= 0.6 is 24.0 Å². The van der Waals surface area contributed by atoms with Gasteiger partial charge in [-0.15, -0.1) is 24.0 Å². The fourth-order valence-corrected chi connectivity index (χ4v) is 1.37. The number of hydrogen-bond acceptors (Lipinski definition) is 2. The monoisotopic (exact) mass is 365 g/mol. The molecule has 1 aromatic heterocycles. The number of nitrogens with one attached hydrogen (secondary N) is 2. The molecule has 0 radical (unpaired) electrons. The number of rotatable bonds is 5. The lowest BCUT2D eigenvalue weighted by atomic mass is 10.3. The van der Waals surface area contributed by atoms with E-state index in [9.17, 15) is 0 Å². The molecule has 0 aliphatic heterocycles. The molecule has 0 aromatic carbocycles. The van der Waals surface area contributed by atoms with Crippen LogP contribution in [0, 0.1) is 0 Å². The third-order valence-electron chi connectivity index (χ3n) is 2.66. The standard InChI is InChI=1S/C12H23N5.HI/c1-5-10(3)16-12(13-6-2)14-9-11-7-8-15-17(11)4;/h7-8,10H,5-6,9H2,1-4H3,(H2,13,14,16);1H. The zero-order chi connectivity index (χ0) is 12.7. The summed E-state index contributed by atoms with van der Waals surface area (Å²) in [6, 6.07) is 2.41. The first kappa shape index (κ1) is 17.2. The highest BCUT2D eigenvalue weighted by molar-refractivity contribution is 14.0. The van der Waals surface area contributed by atoms with Crippen LogP contribution in [-0.4, -0.2) is 28.3 Å². The number of nitrogens with zero attached hydrogens (tertiary/aromatic N) is 3. The van der Waals surface area contributed by atoms with Crippen LogP contribution < -0.4 is 10.6 Å². The summed E-state index contributed by atoms with van der Waals surface area (Å²) >= 11 is 0. The molecule has 0 aliphatic rings. The molecule has 0 saturated carbocycles. The average Bonchev–Trinajstić information content (AvgIpc) is 2.72. The molecule has 5 nitrogen and oxygen atoms in total. The van der Waals surface area contributed by atoms with Gasteiger partial charge in [-0.1, -0.05) is 6.92 Å². The minimum absolute atomic E-state index is 0. The van der Waals surface area contributed by atoms with Gasteiger partial charge in [-0.3, -0.25) is 4.68 Å². The van der Waals surface area contributed by atoms with E-state index in [0.29, 0.717) is 12.6 Å². The highest BCUT2D eigenvalue weighted by Gasteiger charge is 2.03. The van der Waals surface area contributed by atoms with E-state index < -0.39 is 0 Å². The number of halogens is 1. The normalized spacial score (nSPS) is 12.8. The van der Waals surface area contributed by atoms with Crippen molar-refractivity contribution in [2.45, 2.75) is 39.8 Å². The van der Waals surface area contributed by atoms with Gasteiger partial charge < -0.3 is 10.6 Å². The molecule has 0 saturated heterocycles. The number of aromatic nitrogens is 2. The molecule has 2 N–H and O–H groups in total. The molecule has 0 aliphatic carbocycles. The third kappa shape index (κ3) is 5.70. The van der Waals surface area contributed by atoms with E-state index in [-0.39, 0.29) is 24.0 Å². The van der Waals surface area contributed by atoms with Crippen LogP contribution in [0.25, 0.3) is 0 Å². The molecule has 6 heteroatoms. The molecular formula is C12H24IN5. The Hall–Kier alpha value is -0.790. The van der Waals surface area contributed by atoms with Gasteiger partial charge in [0.25, 0.3) is 0 Å². The van der Waals surface area contributed by atoms with Crippen molar-refractivity contribution in [1.82, 2.24) is 20.4 Å². The van der Waals surface area contributed by atoms with Gasteiger partial charge in [-0.2, -0.15) is 5.10 Å². The number of aryl methyl sites for hydroxylation is 1. The summed E-state index contributed by atoms with van der Waals surface area (Å²) in [5.41, 5.74) is 1.10. The number of hydrogen-bond donors (Lipinski definition) is 2. The highest BCUT2D eigenvalue weighted by Crippen LogP contribution is 1.98. The van der Waals surface area contributed by atoms with Gasteiger partial charge in [0.05, 0.1) is 12.2 Å². The van der Waals surface area contributed by atoms with Crippen molar-refractivity contribution >= 4 is 29.9 Å². The topological polar surface area (TPSA) is 54.2 Å². The molecule has 1 unspecified atom stereocenters. The largest absolute Gasteiger partial charge is 0.357 e. The summed E-state index contributed by atoms with van der Waals surface area (Å²) in [4.78, 5) is 4.54. The Kier molecular flexibility index (Phi) is 8.78. The lowest BCUT2D eigenvalue weighted by molar-refractivity contribution is 0.622. The molecule has 1 aromatic rings. The Balaban J connectivity index is 0.00000289. The second-order valence-electron chi connectivity index (χ2n) is 4.09. The summed E-state index contributed by atoms with van der Waals surface area (Å²) in [5, 5.41) is 10.7. The molecule has 104 valence electrons. The number of aliphatic imine (C=N–C) groups is 1. The summed E-state index contributed by atoms with van der Waals surface area (Å²) in [7, 11) is 1.93. The minimum Gasteiger partial charge on any atom is -0.357 e. The molecule has 1 atom stereocenters. The van der Waals surface area contributed by atoms with Crippen molar-refractivity contribution in [2.75, 3.05) is 6.54 Å². The van der Waals surface area contributed by atoms with E-state index in [2.05, 4.69) is 41.5 Å². The zero-order valence-corrected chi connectivity index (χ0v) is 13.9. The van der Waals surface area contributed by atoms with E-state index in [1.165, 1.54) is 0 Å². The molecule has 0 spiro atoms. The molecule has 1 rings (SSSR count). The van der Waals surface area contributed by atoms with E-state index in [1.54, 1.807) is 6.20 Å². The molecule has 18 heavy (non-hydrogen) atoms. The number of guanidine groups is 1. The Morgan fingerprint density at radius 3 is 2.72 bits per heavy atom. The van der Waals surface area contributed by atoms with Gasteiger partial charge in [0.2, 0.25) is 0 Å². The molecule has 0 fully saturated rings. The van der Waals surface area contributed by atoms with Crippen LogP contribution in [0.1, 0.15) is 32.9 Å². The Morgan fingerprint density at radius 1 is 1.50 bits per heavy atom. The SMILES string of the molecule is CCNC(=NCc1ccnn1C)NC(C)CC.I. The summed E-state index contributed by atoms with van der Waals surface area (Å²) in [6.07, 6.45) is 2.87. The first-order chi connectivity index (χ1) is 8.17. The van der Waals surface area contributed by atoms with Crippen LogP contribution in [0.2, 0.25) is 0 Å². The predicted molar refractivity (Wildman–Crippen MR) is 86.3 cm³/mol. The van der Waals surface area contributed by atoms with Gasteiger partial charge >= 0.3 is 0 Å². The molecule has 1 heterocycles. The zero-order valence-electron chi connectivity index (χ0n) is 11.6. The smallest absolute Gasteiger partial charge is 0.191 e. The van der Waals surface area contributed by atoms with E-state index in [4.69, 9.17) is 0 Å². The predicted octanol–water partition coefficient (Wildman–Crippen LogP) is 1.89. The van der Waals surface area contributed by atoms with Crippen LogP contribution in [0.3, 0.4) is 0 Å². The lowest BCUT2D eigenvalue weighted by Gasteiger charge is -2.16. The molecule has 0 bridgehead atoms. The fraction of sp³-hybridized carbons (Fsp3) is 0.667. The van der Waals surface area contributed by atoms with Crippen LogP contribution in [0.5, 0.6) is 0 Å². The fourth-order valence-electron chi connectivity index (χ4n) is 1.37. The quantitative estimate of drug-likeness (QED) is 0.476. The maximum atomic E-state index is 4.54. The van der Waals surface area contributed by atoms with Gasteiger partial charge in [-0.05, 0) is 26.3 Å². The van der Waals surface area contributed by atoms with Crippen molar-refractivity contribution in [2.24, 2.45) is 12.0 Å². The molecule has 0 amide bonds. The van der Waals surface area contributed by atoms with Crippen molar-refractivity contribution in [3.05, 3.63) is 18.0 Å². The van der Waals surface area contributed by atoms with Crippen LogP contribution in [0.15, 0.2) is 17.3 Å². The summed E-state index contributed by atoms with van der Waals surface area (Å²) in [6.45, 7) is 7.88. The van der Waals surface area contributed by atoms with Crippen molar-refractivity contribution in [1.29, 1.82) is 0 Å². The minimum atomic E-state index is 0.